The molecular formula is C13H16N2O2S2. The highest BCUT2D eigenvalue weighted by Crippen LogP contribution is 2.26. The van der Waals surface area contributed by atoms with Crippen molar-refractivity contribution in [3.05, 3.63) is 45.6 Å². The van der Waals surface area contributed by atoms with Crippen LogP contribution in [-0.2, 0) is 16.6 Å². The molecule has 0 unspecified atom stereocenters. The van der Waals surface area contributed by atoms with Gasteiger partial charge < -0.3 is 5.73 Å². The molecule has 0 saturated carbocycles. The van der Waals surface area contributed by atoms with E-state index in [-0.39, 0.29) is 11.4 Å². The minimum absolute atomic E-state index is 0.223. The Balaban J connectivity index is 2.40. The van der Waals surface area contributed by atoms with Gasteiger partial charge in [0.05, 0.1) is 5.69 Å². The number of hydrogen-bond acceptors (Lipinski definition) is 4. The van der Waals surface area contributed by atoms with E-state index in [0.717, 1.165) is 11.1 Å². The third kappa shape index (κ3) is 2.80. The Morgan fingerprint density at radius 2 is 2.00 bits per heavy atom. The fourth-order valence-electron chi connectivity index (χ4n) is 1.78. The maximum atomic E-state index is 12.3. The van der Waals surface area contributed by atoms with Gasteiger partial charge >= 0.3 is 0 Å². The van der Waals surface area contributed by atoms with E-state index in [2.05, 4.69) is 4.72 Å². The molecule has 19 heavy (non-hydrogen) atoms. The molecule has 102 valence electrons. The van der Waals surface area contributed by atoms with Gasteiger partial charge in [-0.3, -0.25) is 4.72 Å². The quantitative estimate of drug-likeness (QED) is 0.911. The zero-order valence-electron chi connectivity index (χ0n) is 10.8. The molecule has 0 fully saturated rings. The Bertz CT molecular complexity index is 690. The highest BCUT2D eigenvalue weighted by Gasteiger charge is 2.20. The third-order valence-corrected chi connectivity index (χ3v) is 5.55. The molecule has 0 amide bonds. The second kappa shape index (κ2) is 5.32. The molecule has 0 aliphatic carbocycles. The van der Waals surface area contributed by atoms with Gasteiger partial charge in [0.1, 0.15) is 4.90 Å². The zero-order chi connectivity index (χ0) is 14.0. The van der Waals surface area contributed by atoms with Crippen LogP contribution in [0, 0.1) is 13.8 Å². The first-order valence-electron chi connectivity index (χ1n) is 5.81. The zero-order valence-corrected chi connectivity index (χ0v) is 12.4. The number of nitrogens with one attached hydrogen (secondary N) is 1. The molecule has 1 heterocycles. The van der Waals surface area contributed by atoms with Crippen molar-refractivity contribution in [3.63, 3.8) is 0 Å². The van der Waals surface area contributed by atoms with Crippen molar-refractivity contribution in [2.75, 3.05) is 4.72 Å². The molecular weight excluding hydrogens is 280 g/mol. The summed E-state index contributed by atoms with van der Waals surface area (Å²) in [6, 6.07) is 7.12. The lowest BCUT2D eigenvalue weighted by Crippen LogP contribution is -2.15. The van der Waals surface area contributed by atoms with Crippen molar-refractivity contribution in [2.24, 2.45) is 5.73 Å². The molecule has 3 N–H and O–H groups in total. The number of benzene rings is 1. The predicted molar refractivity (Wildman–Crippen MR) is 78.9 cm³/mol. The molecule has 0 spiro atoms. The SMILES string of the molecule is Cc1cccc(NS(=O)(=O)c2ccsc2CN)c1C. The van der Waals surface area contributed by atoms with E-state index in [9.17, 15) is 8.42 Å². The Morgan fingerprint density at radius 1 is 1.26 bits per heavy atom. The summed E-state index contributed by atoms with van der Waals surface area (Å²) in [4.78, 5) is 0.929. The summed E-state index contributed by atoms with van der Waals surface area (Å²) in [6.07, 6.45) is 0. The number of hydrogen-bond donors (Lipinski definition) is 2. The molecule has 1 aromatic heterocycles. The minimum atomic E-state index is -3.57. The summed E-state index contributed by atoms with van der Waals surface area (Å²) in [5.41, 5.74) is 8.14. The minimum Gasteiger partial charge on any atom is -0.326 e. The molecule has 0 radical (unpaired) electrons. The lowest BCUT2D eigenvalue weighted by molar-refractivity contribution is 0.600. The Morgan fingerprint density at radius 3 is 2.68 bits per heavy atom. The highest BCUT2D eigenvalue weighted by atomic mass is 32.2. The monoisotopic (exact) mass is 296 g/mol. The van der Waals surface area contributed by atoms with Gasteiger partial charge in [-0.15, -0.1) is 11.3 Å². The van der Waals surface area contributed by atoms with Crippen molar-refractivity contribution in [2.45, 2.75) is 25.3 Å². The summed E-state index contributed by atoms with van der Waals surface area (Å²) >= 11 is 1.35. The highest BCUT2D eigenvalue weighted by molar-refractivity contribution is 7.93. The van der Waals surface area contributed by atoms with Gasteiger partial charge in [-0.05, 0) is 42.5 Å². The van der Waals surface area contributed by atoms with E-state index in [1.807, 2.05) is 26.0 Å². The maximum absolute atomic E-state index is 12.3. The molecule has 0 aliphatic rings. The van der Waals surface area contributed by atoms with Crippen LogP contribution in [-0.4, -0.2) is 8.42 Å². The molecule has 4 nitrogen and oxygen atoms in total. The van der Waals surface area contributed by atoms with Crippen LogP contribution in [0.5, 0.6) is 0 Å². The molecule has 2 aromatic rings. The van der Waals surface area contributed by atoms with Gasteiger partial charge in [-0.25, -0.2) is 8.42 Å². The van der Waals surface area contributed by atoms with E-state index >= 15 is 0 Å². The molecule has 6 heteroatoms. The average Bonchev–Trinajstić information content (AvgIpc) is 2.84. The number of aryl methyl sites for hydroxylation is 1. The lowest BCUT2D eigenvalue weighted by atomic mass is 10.1. The van der Waals surface area contributed by atoms with E-state index in [1.165, 1.54) is 11.3 Å². The van der Waals surface area contributed by atoms with Crippen LogP contribution in [0.3, 0.4) is 0 Å². The van der Waals surface area contributed by atoms with Crippen LogP contribution >= 0.6 is 11.3 Å². The molecule has 0 aliphatic heterocycles. The fourth-order valence-corrected chi connectivity index (χ4v) is 4.24. The number of sulfonamides is 1. The summed E-state index contributed by atoms with van der Waals surface area (Å²) in [7, 11) is -3.57. The van der Waals surface area contributed by atoms with Gasteiger partial charge in [0, 0.05) is 11.4 Å². The van der Waals surface area contributed by atoms with E-state index < -0.39 is 10.0 Å². The molecule has 2 rings (SSSR count). The largest absolute Gasteiger partial charge is 0.326 e. The molecule has 1 aromatic carbocycles. The molecule has 0 saturated heterocycles. The van der Waals surface area contributed by atoms with Gasteiger partial charge in [0.25, 0.3) is 10.0 Å². The Kier molecular flexibility index (Phi) is 3.93. The predicted octanol–water partition coefficient (Wildman–Crippen LogP) is 2.62. The third-order valence-electron chi connectivity index (χ3n) is 3.03. The van der Waals surface area contributed by atoms with Crippen LogP contribution in [0.4, 0.5) is 5.69 Å². The van der Waals surface area contributed by atoms with E-state index in [4.69, 9.17) is 5.73 Å². The van der Waals surface area contributed by atoms with Crippen molar-refractivity contribution in [3.8, 4) is 0 Å². The molecule has 0 bridgehead atoms. The number of thiophene rings is 1. The van der Waals surface area contributed by atoms with Gasteiger partial charge in [-0.2, -0.15) is 0 Å². The van der Waals surface area contributed by atoms with Gasteiger partial charge in [0.2, 0.25) is 0 Å². The van der Waals surface area contributed by atoms with Crippen LogP contribution in [0.15, 0.2) is 34.5 Å². The van der Waals surface area contributed by atoms with Crippen molar-refractivity contribution in [1.29, 1.82) is 0 Å². The van der Waals surface area contributed by atoms with Crippen LogP contribution in [0.2, 0.25) is 0 Å². The average molecular weight is 296 g/mol. The number of anilines is 1. The van der Waals surface area contributed by atoms with Crippen LogP contribution in [0.1, 0.15) is 16.0 Å². The smallest absolute Gasteiger partial charge is 0.263 e. The topological polar surface area (TPSA) is 72.2 Å². The summed E-state index contributed by atoms with van der Waals surface area (Å²) in [5.74, 6) is 0. The standard InChI is InChI=1S/C13H16N2O2S2/c1-9-4-3-5-11(10(9)2)15-19(16,17)13-6-7-18-12(13)8-14/h3-7,15H,8,14H2,1-2H3. The number of nitrogens with two attached hydrogens (primary N) is 1. The van der Waals surface area contributed by atoms with Crippen molar-refractivity contribution < 1.29 is 8.42 Å². The Hall–Kier alpha value is -1.37. The Labute approximate surface area is 117 Å². The molecule has 0 atom stereocenters. The lowest BCUT2D eigenvalue weighted by Gasteiger charge is -2.12. The van der Waals surface area contributed by atoms with Crippen LogP contribution < -0.4 is 10.5 Å². The van der Waals surface area contributed by atoms with Crippen molar-refractivity contribution >= 4 is 27.0 Å². The van der Waals surface area contributed by atoms with E-state index in [1.54, 1.807) is 17.5 Å². The fraction of sp³-hybridized carbons (Fsp3) is 0.231. The normalized spacial score (nSPS) is 11.5. The first-order chi connectivity index (χ1) is 8.95. The van der Waals surface area contributed by atoms with E-state index in [0.29, 0.717) is 10.6 Å². The summed E-state index contributed by atoms with van der Waals surface area (Å²) < 4.78 is 27.3. The van der Waals surface area contributed by atoms with Gasteiger partial charge in [-0.1, -0.05) is 12.1 Å². The first kappa shape index (κ1) is 14.0. The summed E-state index contributed by atoms with van der Waals surface area (Å²) in [6.45, 7) is 4.06. The second-order valence-electron chi connectivity index (χ2n) is 4.27. The second-order valence-corrected chi connectivity index (χ2v) is 6.92. The summed E-state index contributed by atoms with van der Waals surface area (Å²) in [5, 5.41) is 1.74. The number of rotatable bonds is 4. The van der Waals surface area contributed by atoms with Crippen molar-refractivity contribution in [1.82, 2.24) is 0 Å². The first-order valence-corrected chi connectivity index (χ1v) is 8.17. The van der Waals surface area contributed by atoms with Crippen LogP contribution in [0.25, 0.3) is 0 Å². The maximum Gasteiger partial charge on any atom is 0.263 e. The van der Waals surface area contributed by atoms with Gasteiger partial charge in [0.15, 0.2) is 0 Å².